The summed E-state index contributed by atoms with van der Waals surface area (Å²) in [4.78, 5) is 4.66. The van der Waals surface area contributed by atoms with Crippen LogP contribution in [-0.4, -0.2) is 42.7 Å². The lowest BCUT2D eigenvalue weighted by molar-refractivity contribution is 0.163. The predicted octanol–water partition coefficient (Wildman–Crippen LogP) is 4.68. The highest BCUT2D eigenvalue weighted by molar-refractivity contribution is 6.30. The van der Waals surface area contributed by atoms with E-state index in [-0.39, 0.29) is 12.1 Å². The van der Waals surface area contributed by atoms with Gasteiger partial charge in [0.1, 0.15) is 0 Å². The Balaban J connectivity index is 1.42. The number of alkyl halides is 1. The molecule has 0 N–H and O–H groups in total. The Kier molecular flexibility index (Phi) is 4.77. The zero-order chi connectivity index (χ0) is 17.3. The first kappa shape index (κ1) is 17.0. The smallest absolute Gasteiger partial charge is 0.0992 e. The average Bonchev–Trinajstić information content (AvgIpc) is 3.47. The zero-order valence-corrected chi connectivity index (χ0v) is 15.4. The van der Waals surface area contributed by atoms with Crippen molar-refractivity contribution in [3.8, 4) is 0 Å². The Hall–Kier alpha value is -1.48. The molecule has 0 atom stereocenters. The topological polar surface area (TPSA) is 6.48 Å². The highest BCUT2D eigenvalue weighted by Gasteiger charge is 2.37. The molecule has 0 aromatic heterocycles. The maximum atomic E-state index is 14.0. The van der Waals surface area contributed by atoms with E-state index in [9.17, 15) is 4.39 Å². The minimum absolute atomic E-state index is 0.289. The molecule has 0 bridgehead atoms. The molecule has 0 spiro atoms. The van der Waals surface area contributed by atoms with Crippen LogP contribution in [-0.2, 0) is 5.41 Å². The van der Waals surface area contributed by atoms with Crippen LogP contribution in [0.2, 0.25) is 0 Å². The van der Waals surface area contributed by atoms with Crippen LogP contribution in [0.3, 0.4) is 0 Å². The molecule has 1 saturated carbocycles. The largest absolute Gasteiger partial charge is 0.372 e. The molecular weight excluding hydrogens is 335 g/mol. The standard InChI is InChI=1S/C21H26ClFN2/c22-19-15-24(14-17-6-7-17)11-8-20(19)25-12-9-21(16-23,10-13-25)18-4-2-1-3-5-18/h1-5,8,11,17H,6-7,9-10,12-16H2. The Morgan fingerprint density at radius 3 is 2.44 bits per heavy atom. The number of piperidine rings is 1. The lowest BCUT2D eigenvalue weighted by Gasteiger charge is -2.43. The Morgan fingerprint density at radius 2 is 1.84 bits per heavy atom. The van der Waals surface area contributed by atoms with Gasteiger partial charge < -0.3 is 9.80 Å². The van der Waals surface area contributed by atoms with Crippen LogP contribution in [0.1, 0.15) is 31.2 Å². The summed E-state index contributed by atoms with van der Waals surface area (Å²) in [6.07, 6.45) is 8.72. The number of hydrogen-bond donors (Lipinski definition) is 0. The fraction of sp³-hybridized carbons (Fsp3) is 0.524. The number of allylic oxidation sites excluding steroid dienone is 1. The van der Waals surface area contributed by atoms with Gasteiger partial charge in [-0.1, -0.05) is 41.9 Å². The molecule has 4 heteroatoms. The van der Waals surface area contributed by atoms with Gasteiger partial charge in [-0.25, -0.2) is 0 Å². The van der Waals surface area contributed by atoms with Crippen LogP contribution < -0.4 is 0 Å². The summed E-state index contributed by atoms with van der Waals surface area (Å²) in [5.41, 5.74) is 1.93. The quantitative estimate of drug-likeness (QED) is 0.752. The van der Waals surface area contributed by atoms with Gasteiger partial charge in [0.05, 0.1) is 23.9 Å². The van der Waals surface area contributed by atoms with Crippen molar-refractivity contribution in [1.82, 2.24) is 9.80 Å². The van der Waals surface area contributed by atoms with E-state index in [1.807, 2.05) is 18.2 Å². The molecule has 0 amide bonds. The van der Waals surface area contributed by atoms with Crippen LogP contribution in [0, 0.1) is 5.92 Å². The summed E-state index contributed by atoms with van der Waals surface area (Å²) < 4.78 is 14.0. The monoisotopic (exact) mass is 360 g/mol. The lowest BCUT2D eigenvalue weighted by atomic mass is 9.74. The molecule has 1 aliphatic carbocycles. The first-order valence-electron chi connectivity index (χ1n) is 9.37. The number of hydrogen-bond acceptors (Lipinski definition) is 2. The second kappa shape index (κ2) is 7.03. The van der Waals surface area contributed by atoms with Gasteiger partial charge in [0, 0.05) is 31.2 Å². The molecule has 3 aliphatic rings. The minimum atomic E-state index is -0.332. The lowest BCUT2D eigenvalue weighted by Crippen LogP contribution is -2.44. The third-order valence-corrected chi connectivity index (χ3v) is 6.27. The molecule has 4 rings (SSSR count). The highest BCUT2D eigenvalue weighted by Crippen LogP contribution is 2.38. The van der Waals surface area contributed by atoms with E-state index in [1.165, 1.54) is 12.8 Å². The Bertz CT molecular complexity index is 658. The third kappa shape index (κ3) is 3.57. The van der Waals surface area contributed by atoms with Crippen LogP contribution in [0.4, 0.5) is 4.39 Å². The predicted molar refractivity (Wildman–Crippen MR) is 101 cm³/mol. The number of benzene rings is 1. The van der Waals surface area contributed by atoms with Gasteiger partial charge in [-0.05, 0) is 43.2 Å². The van der Waals surface area contributed by atoms with Crippen LogP contribution in [0.25, 0.3) is 0 Å². The van der Waals surface area contributed by atoms with Crippen LogP contribution >= 0.6 is 11.6 Å². The van der Waals surface area contributed by atoms with E-state index >= 15 is 0 Å². The van der Waals surface area contributed by atoms with Crippen molar-refractivity contribution in [2.45, 2.75) is 31.1 Å². The molecule has 0 unspecified atom stereocenters. The number of likely N-dealkylation sites (tertiary alicyclic amines) is 1. The average molecular weight is 361 g/mol. The molecule has 25 heavy (non-hydrogen) atoms. The molecule has 1 aromatic rings. The summed E-state index contributed by atoms with van der Waals surface area (Å²) in [7, 11) is 0. The molecule has 0 radical (unpaired) electrons. The first-order valence-corrected chi connectivity index (χ1v) is 9.75. The van der Waals surface area contributed by atoms with Crippen LogP contribution in [0.5, 0.6) is 0 Å². The number of rotatable bonds is 5. The first-order chi connectivity index (χ1) is 12.2. The van der Waals surface area contributed by atoms with Crippen molar-refractivity contribution in [1.29, 1.82) is 0 Å². The Morgan fingerprint density at radius 1 is 1.12 bits per heavy atom. The second-order valence-corrected chi connectivity index (χ2v) is 8.20. The normalized spacial score (nSPS) is 23.3. The maximum Gasteiger partial charge on any atom is 0.0992 e. The van der Waals surface area contributed by atoms with Crippen molar-refractivity contribution < 1.29 is 4.39 Å². The summed E-state index contributed by atoms with van der Waals surface area (Å²) in [6, 6.07) is 10.2. The third-order valence-electron chi connectivity index (χ3n) is 5.96. The molecule has 134 valence electrons. The van der Waals surface area contributed by atoms with Gasteiger partial charge in [0.15, 0.2) is 0 Å². The molecular formula is C21H26ClFN2. The van der Waals surface area contributed by atoms with E-state index in [4.69, 9.17) is 11.6 Å². The van der Waals surface area contributed by atoms with E-state index < -0.39 is 0 Å². The zero-order valence-electron chi connectivity index (χ0n) is 14.6. The van der Waals surface area contributed by atoms with Crippen LogP contribution in [0.15, 0.2) is 53.3 Å². The van der Waals surface area contributed by atoms with Crippen molar-refractivity contribution in [2.24, 2.45) is 5.92 Å². The molecule has 1 saturated heterocycles. The minimum Gasteiger partial charge on any atom is -0.372 e. The second-order valence-electron chi connectivity index (χ2n) is 7.75. The van der Waals surface area contributed by atoms with E-state index in [0.717, 1.165) is 61.2 Å². The Labute approximate surface area is 154 Å². The maximum absolute atomic E-state index is 14.0. The summed E-state index contributed by atoms with van der Waals surface area (Å²) in [5, 5.41) is 0.926. The van der Waals surface area contributed by atoms with Gasteiger partial charge in [-0.3, -0.25) is 4.39 Å². The van der Waals surface area contributed by atoms with Gasteiger partial charge >= 0.3 is 0 Å². The van der Waals surface area contributed by atoms with Crippen molar-refractivity contribution in [2.75, 3.05) is 32.9 Å². The van der Waals surface area contributed by atoms with Gasteiger partial charge in [0.2, 0.25) is 0 Å². The molecule has 2 aliphatic heterocycles. The molecule has 2 fully saturated rings. The van der Waals surface area contributed by atoms with Crippen molar-refractivity contribution in [3.05, 3.63) is 58.9 Å². The van der Waals surface area contributed by atoms with Gasteiger partial charge in [0.25, 0.3) is 0 Å². The summed E-state index contributed by atoms with van der Waals surface area (Å²) in [5.74, 6) is 0.863. The van der Waals surface area contributed by atoms with E-state index in [2.05, 4.69) is 34.2 Å². The van der Waals surface area contributed by atoms with Gasteiger partial charge in [-0.2, -0.15) is 0 Å². The number of halogens is 2. The SMILES string of the molecule is FCC1(c2ccccc2)CCN(C2=C(Cl)CN(CC3CC3)C=C2)CC1. The molecule has 2 heterocycles. The van der Waals surface area contributed by atoms with E-state index in [0.29, 0.717) is 0 Å². The summed E-state index contributed by atoms with van der Waals surface area (Å²) in [6.45, 7) is 3.36. The van der Waals surface area contributed by atoms with Crippen molar-refractivity contribution >= 4 is 11.6 Å². The molecule has 2 nitrogen and oxygen atoms in total. The van der Waals surface area contributed by atoms with E-state index in [1.54, 1.807) is 0 Å². The number of nitrogens with zero attached hydrogens (tertiary/aromatic N) is 2. The fourth-order valence-corrected chi connectivity index (χ4v) is 4.42. The van der Waals surface area contributed by atoms with Crippen molar-refractivity contribution in [3.63, 3.8) is 0 Å². The summed E-state index contributed by atoms with van der Waals surface area (Å²) >= 11 is 6.61. The van der Waals surface area contributed by atoms with Gasteiger partial charge in [-0.15, -0.1) is 0 Å². The molecule has 1 aromatic carbocycles. The highest BCUT2D eigenvalue weighted by atomic mass is 35.5. The fourth-order valence-electron chi connectivity index (χ4n) is 4.08.